The van der Waals surface area contributed by atoms with Gasteiger partial charge in [0.1, 0.15) is 6.61 Å². The van der Waals surface area contributed by atoms with Crippen molar-refractivity contribution in [2.45, 2.75) is 45.4 Å². The standard InChI is InChI=1S/C10H20O3S/c1-2-3-4-5-6-7-8-14-13-10(12)9-11/h11H,2-9H2,1H3. The third kappa shape index (κ3) is 9.86. The Bertz CT molecular complexity index is 139. The summed E-state index contributed by atoms with van der Waals surface area (Å²) in [6.45, 7) is 1.67. The van der Waals surface area contributed by atoms with Crippen molar-refractivity contribution in [3.63, 3.8) is 0 Å². The van der Waals surface area contributed by atoms with Crippen molar-refractivity contribution in [2.75, 3.05) is 12.4 Å². The van der Waals surface area contributed by atoms with Crippen molar-refractivity contribution in [3.05, 3.63) is 0 Å². The summed E-state index contributed by atoms with van der Waals surface area (Å²) < 4.78 is 4.65. The third-order valence-corrected chi connectivity index (χ3v) is 2.62. The molecule has 14 heavy (non-hydrogen) atoms. The smallest absolute Gasteiger partial charge is 0.343 e. The Morgan fingerprint density at radius 1 is 1.21 bits per heavy atom. The highest BCUT2D eigenvalue weighted by Crippen LogP contribution is 2.10. The minimum atomic E-state index is -0.555. The van der Waals surface area contributed by atoms with Crippen LogP contribution >= 0.6 is 12.0 Å². The molecule has 0 saturated heterocycles. The Kier molecular flexibility index (Phi) is 10.7. The molecule has 84 valence electrons. The fourth-order valence-corrected chi connectivity index (χ4v) is 1.66. The summed E-state index contributed by atoms with van der Waals surface area (Å²) in [5, 5.41) is 8.35. The van der Waals surface area contributed by atoms with Gasteiger partial charge < -0.3 is 9.29 Å². The molecule has 0 rings (SSSR count). The Hall–Kier alpha value is -0.220. The number of hydrogen-bond acceptors (Lipinski definition) is 4. The van der Waals surface area contributed by atoms with Crippen LogP contribution in [-0.2, 0) is 8.98 Å². The highest BCUT2D eigenvalue weighted by atomic mass is 32.2. The minimum Gasteiger partial charge on any atom is -0.390 e. The molecule has 0 saturated carbocycles. The Morgan fingerprint density at radius 2 is 1.86 bits per heavy atom. The van der Waals surface area contributed by atoms with Gasteiger partial charge in [-0.1, -0.05) is 39.0 Å². The van der Waals surface area contributed by atoms with Gasteiger partial charge in [-0.2, -0.15) is 0 Å². The van der Waals surface area contributed by atoms with Crippen molar-refractivity contribution in [2.24, 2.45) is 0 Å². The maximum absolute atomic E-state index is 10.5. The largest absolute Gasteiger partial charge is 0.390 e. The van der Waals surface area contributed by atoms with Crippen LogP contribution in [0.15, 0.2) is 0 Å². The van der Waals surface area contributed by atoms with Crippen LogP contribution in [0.3, 0.4) is 0 Å². The molecule has 0 aliphatic carbocycles. The molecule has 0 spiro atoms. The van der Waals surface area contributed by atoms with Gasteiger partial charge in [0.2, 0.25) is 0 Å². The number of rotatable bonds is 9. The van der Waals surface area contributed by atoms with Gasteiger partial charge in [-0.25, -0.2) is 4.79 Å². The van der Waals surface area contributed by atoms with Gasteiger partial charge >= 0.3 is 5.97 Å². The minimum absolute atomic E-state index is 0.524. The number of hydrogen-bond donors (Lipinski definition) is 1. The lowest BCUT2D eigenvalue weighted by molar-refractivity contribution is -0.136. The Balaban J connectivity index is 2.95. The lowest BCUT2D eigenvalue weighted by Crippen LogP contribution is -2.04. The van der Waals surface area contributed by atoms with E-state index in [1.54, 1.807) is 0 Å². The zero-order valence-corrected chi connectivity index (χ0v) is 9.65. The van der Waals surface area contributed by atoms with E-state index >= 15 is 0 Å². The highest BCUT2D eigenvalue weighted by Gasteiger charge is 1.99. The number of aliphatic hydroxyl groups excluding tert-OH is 1. The molecule has 4 heteroatoms. The maximum atomic E-state index is 10.5. The molecule has 0 heterocycles. The predicted octanol–water partition coefficient (Wildman–Crippen LogP) is 2.53. The average Bonchev–Trinajstić information content (AvgIpc) is 2.21. The monoisotopic (exact) mass is 220 g/mol. The Labute approximate surface area is 90.4 Å². The summed E-state index contributed by atoms with van der Waals surface area (Å²) in [5.41, 5.74) is 0. The normalized spacial score (nSPS) is 10.1. The van der Waals surface area contributed by atoms with E-state index in [0.29, 0.717) is 0 Å². The van der Waals surface area contributed by atoms with E-state index in [-0.39, 0.29) is 0 Å². The van der Waals surface area contributed by atoms with Crippen molar-refractivity contribution < 1.29 is 14.1 Å². The van der Waals surface area contributed by atoms with Crippen LogP contribution in [0.5, 0.6) is 0 Å². The van der Waals surface area contributed by atoms with Crippen molar-refractivity contribution in [3.8, 4) is 0 Å². The molecule has 0 amide bonds. The van der Waals surface area contributed by atoms with Crippen LogP contribution in [0.2, 0.25) is 0 Å². The number of carbonyl (C=O) groups is 1. The van der Waals surface area contributed by atoms with Crippen LogP contribution in [-0.4, -0.2) is 23.4 Å². The molecule has 0 aliphatic rings. The SMILES string of the molecule is CCCCCCCCSOC(=O)CO. The molecule has 0 aromatic rings. The van der Waals surface area contributed by atoms with Gasteiger partial charge in [0.15, 0.2) is 0 Å². The van der Waals surface area contributed by atoms with E-state index in [2.05, 4.69) is 11.1 Å². The first-order valence-electron chi connectivity index (χ1n) is 5.24. The zero-order valence-electron chi connectivity index (χ0n) is 8.83. The van der Waals surface area contributed by atoms with Crippen molar-refractivity contribution in [1.29, 1.82) is 0 Å². The first kappa shape index (κ1) is 13.8. The summed E-state index contributed by atoms with van der Waals surface area (Å²) in [6.07, 6.45) is 7.42. The second-order valence-corrected chi connectivity index (χ2v) is 4.01. The van der Waals surface area contributed by atoms with Crippen LogP contribution in [0.4, 0.5) is 0 Å². The van der Waals surface area contributed by atoms with Gasteiger partial charge in [-0.05, 0) is 6.42 Å². The van der Waals surface area contributed by atoms with E-state index in [0.717, 1.165) is 24.2 Å². The summed E-state index contributed by atoms with van der Waals surface area (Å²) in [6, 6.07) is 0. The van der Waals surface area contributed by atoms with E-state index in [9.17, 15) is 4.79 Å². The van der Waals surface area contributed by atoms with Crippen LogP contribution in [0.25, 0.3) is 0 Å². The average molecular weight is 220 g/mol. The summed E-state index contributed by atoms with van der Waals surface area (Å²) in [5.74, 6) is 0.277. The molecule has 0 unspecified atom stereocenters. The van der Waals surface area contributed by atoms with E-state index in [4.69, 9.17) is 5.11 Å². The first-order valence-corrected chi connectivity index (χ1v) is 6.15. The molecular formula is C10H20O3S. The predicted molar refractivity (Wildman–Crippen MR) is 59.0 cm³/mol. The van der Waals surface area contributed by atoms with Crippen molar-refractivity contribution >= 4 is 18.0 Å². The zero-order chi connectivity index (χ0) is 10.6. The highest BCUT2D eigenvalue weighted by molar-refractivity contribution is 7.95. The quantitative estimate of drug-likeness (QED) is 0.479. The number of carbonyl (C=O) groups excluding carboxylic acids is 1. The second kappa shape index (κ2) is 10.9. The van der Waals surface area contributed by atoms with Gasteiger partial charge in [-0.3, -0.25) is 0 Å². The van der Waals surface area contributed by atoms with E-state index in [1.165, 1.54) is 32.1 Å². The number of unbranched alkanes of at least 4 members (excludes halogenated alkanes) is 5. The van der Waals surface area contributed by atoms with Gasteiger partial charge in [0.05, 0.1) is 12.0 Å². The van der Waals surface area contributed by atoms with E-state index < -0.39 is 12.6 Å². The Morgan fingerprint density at radius 3 is 2.50 bits per heavy atom. The fourth-order valence-electron chi connectivity index (χ4n) is 1.08. The third-order valence-electron chi connectivity index (χ3n) is 1.86. The summed E-state index contributed by atoms with van der Waals surface area (Å²) >= 11 is 1.14. The molecule has 1 N–H and O–H groups in total. The molecule has 0 fully saturated rings. The molecule has 0 radical (unpaired) electrons. The molecule has 0 aromatic carbocycles. The van der Waals surface area contributed by atoms with Gasteiger partial charge in [-0.15, -0.1) is 0 Å². The molecule has 0 bridgehead atoms. The first-order chi connectivity index (χ1) is 6.81. The summed E-state index contributed by atoms with van der Waals surface area (Å²) in [4.78, 5) is 10.5. The molecule has 0 aliphatic heterocycles. The fraction of sp³-hybridized carbons (Fsp3) is 0.900. The molecule has 0 atom stereocenters. The van der Waals surface area contributed by atoms with E-state index in [1.807, 2.05) is 0 Å². The van der Waals surface area contributed by atoms with Gasteiger partial charge in [0.25, 0.3) is 0 Å². The molecule has 0 aromatic heterocycles. The lowest BCUT2D eigenvalue weighted by atomic mass is 10.1. The number of aliphatic hydroxyl groups is 1. The molecule has 3 nitrogen and oxygen atoms in total. The topological polar surface area (TPSA) is 46.5 Å². The maximum Gasteiger partial charge on any atom is 0.343 e. The summed E-state index contributed by atoms with van der Waals surface area (Å²) in [7, 11) is 0. The molecular weight excluding hydrogens is 200 g/mol. The van der Waals surface area contributed by atoms with Crippen LogP contribution < -0.4 is 0 Å². The van der Waals surface area contributed by atoms with Crippen LogP contribution in [0.1, 0.15) is 45.4 Å². The van der Waals surface area contributed by atoms with Gasteiger partial charge in [0, 0.05) is 5.75 Å². The van der Waals surface area contributed by atoms with Crippen molar-refractivity contribution in [1.82, 2.24) is 0 Å². The second-order valence-electron chi connectivity index (χ2n) is 3.20. The van der Waals surface area contributed by atoms with Crippen LogP contribution in [0, 0.1) is 0 Å². The lowest BCUT2D eigenvalue weighted by Gasteiger charge is -2.01.